The third-order valence-electron chi connectivity index (χ3n) is 3.77. The van der Waals surface area contributed by atoms with E-state index in [4.69, 9.17) is 4.43 Å². The van der Waals surface area contributed by atoms with Gasteiger partial charge in [-0.1, -0.05) is 30.7 Å². The SMILES string of the molecule is C=CC[Si](CC=C)(CC=C)CCC[Si](C)(C)OC. The van der Waals surface area contributed by atoms with Crippen LogP contribution in [-0.2, 0) is 4.43 Å². The molecule has 0 unspecified atom stereocenters. The van der Waals surface area contributed by atoms with Crippen molar-refractivity contribution >= 4 is 16.4 Å². The van der Waals surface area contributed by atoms with Gasteiger partial charge in [-0.25, -0.2) is 0 Å². The molecule has 0 aromatic rings. The summed E-state index contributed by atoms with van der Waals surface area (Å²) < 4.78 is 5.63. The molecule has 0 saturated carbocycles. The van der Waals surface area contributed by atoms with Crippen LogP contribution in [0.3, 0.4) is 0 Å². The molecule has 0 aromatic heterocycles. The fourth-order valence-corrected chi connectivity index (χ4v) is 7.93. The Hall–Kier alpha value is -0.386. The van der Waals surface area contributed by atoms with Gasteiger partial charge < -0.3 is 4.43 Å². The zero-order valence-electron chi connectivity index (χ0n) is 12.5. The Balaban J connectivity index is 4.51. The van der Waals surface area contributed by atoms with Gasteiger partial charge in [0.2, 0.25) is 0 Å². The second-order valence-corrected chi connectivity index (χ2v) is 14.9. The number of rotatable bonds is 11. The molecule has 3 heteroatoms. The van der Waals surface area contributed by atoms with E-state index < -0.39 is 16.4 Å². The molecule has 0 spiro atoms. The van der Waals surface area contributed by atoms with Crippen molar-refractivity contribution in [3.8, 4) is 0 Å². The normalized spacial score (nSPS) is 12.2. The first-order chi connectivity index (χ1) is 8.45. The highest BCUT2D eigenvalue weighted by molar-refractivity contribution is 6.81. The third kappa shape index (κ3) is 6.52. The van der Waals surface area contributed by atoms with Gasteiger partial charge in [0.05, 0.1) is 8.07 Å². The predicted molar refractivity (Wildman–Crippen MR) is 89.5 cm³/mol. The Morgan fingerprint density at radius 1 is 0.889 bits per heavy atom. The summed E-state index contributed by atoms with van der Waals surface area (Å²) >= 11 is 0. The first-order valence-electron chi connectivity index (χ1n) is 6.83. The molecule has 0 aliphatic rings. The van der Waals surface area contributed by atoms with E-state index in [9.17, 15) is 0 Å². The van der Waals surface area contributed by atoms with Crippen LogP contribution in [0.5, 0.6) is 0 Å². The van der Waals surface area contributed by atoms with Gasteiger partial charge in [0.15, 0.2) is 8.32 Å². The number of allylic oxidation sites excluding steroid dienone is 3. The van der Waals surface area contributed by atoms with E-state index in [1.165, 1.54) is 36.6 Å². The first kappa shape index (κ1) is 17.6. The highest BCUT2D eigenvalue weighted by atomic mass is 28.4. The molecule has 104 valence electrons. The van der Waals surface area contributed by atoms with Crippen molar-refractivity contribution in [3.05, 3.63) is 38.0 Å². The van der Waals surface area contributed by atoms with Gasteiger partial charge in [0.1, 0.15) is 0 Å². The van der Waals surface area contributed by atoms with Crippen LogP contribution in [-0.4, -0.2) is 23.5 Å². The zero-order chi connectivity index (χ0) is 14.1. The Kier molecular flexibility index (Phi) is 8.48. The smallest absolute Gasteiger partial charge is 0.186 e. The molecule has 0 N–H and O–H groups in total. The fraction of sp³-hybridized carbons (Fsp3) is 0.600. The Morgan fingerprint density at radius 3 is 1.67 bits per heavy atom. The van der Waals surface area contributed by atoms with Crippen LogP contribution in [0.15, 0.2) is 38.0 Å². The quantitative estimate of drug-likeness (QED) is 0.372. The van der Waals surface area contributed by atoms with Gasteiger partial charge in [-0.2, -0.15) is 0 Å². The van der Waals surface area contributed by atoms with Crippen LogP contribution in [0.1, 0.15) is 6.42 Å². The largest absolute Gasteiger partial charge is 0.420 e. The van der Waals surface area contributed by atoms with Crippen LogP contribution in [0.25, 0.3) is 0 Å². The van der Waals surface area contributed by atoms with Gasteiger partial charge in [0.25, 0.3) is 0 Å². The van der Waals surface area contributed by atoms with E-state index in [0.29, 0.717) is 0 Å². The van der Waals surface area contributed by atoms with Crippen molar-refractivity contribution in [2.75, 3.05) is 7.11 Å². The van der Waals surface area contributed by atoms with Gasteiger partial charge in [-0.15, -0.1) is 19.7 Å². The maximum Gasteiger partial charge on any atom is 0.186 e. The molecule has 0 aromatic carbocycles. The Bertz CT molecular complexity index is 245. The average molecular weight is 283 g/mol. The van der Waals surface area contributed by atoms with Crippen molar-refractivity contribution in [1.82, 2.24) is 0 Å². The van der Waals surface area contributed by atoms with E-state index >= 15 is 0 Å². The van der Waals surface area contributed by atoms with Gasteiger partial charge in [-0.05, 0) is 37.3 Å². The molecule has 0 aliphatic carbocycles. The number of hydrogen-bond acceptors (Lipinski definition) is 1. The molecule has 0 aliphatic heterocycles. The summed E-state index contributed by atoms with van der Waals surface area (Å²) in [5.41, 5.74) is 0. The fourth-order valence-electron chi connectivity index (χ4n) is 2.47. The molecule has 0 rings (SSSR count). The Labute approximate surface area is 116 Å². The summed E-state index contributed by atoms with van der Waals surface area (Å²) in [6, 6.07) is 6.14. The van der Waals surface area contributed by atoms with Crippen molar-refractivity contribution in [2.24, 2.45) is 0 Å². The Morgan fingerprint density at radius 2 is 1.33 bits per heavy atom. The van der Waals surface area contributed by atoms with E-state index in [0.717, 1.165) is 0 Å². The molecular formula is C15H30OSi2. The molecule has 0 amide bonds. The lowest BCUT2D eigenvalue weighted by Gasteiger charge is -2.30. The first-order valence-corrected chi connectivity index (χ1v) is 12.8. The lowest BCUT2D eigenvalue weighted by atomic mass is 10.6. The van der Waals surface area contributed by atoms with Crippen LogP contribution in [0.2, 0.25) is 43.3 Å². The van der Waals surface area contributed by atoms with E-state index in [-0.39, 0.29) is 0 Å². The van der Waals surface area contributed by atoms with E-state index in [1.807, 2.05) is 7.11 Å². The second kappa shape index (κ2) is 8.67. The molecule has 0 bridgehead atoms. The molecule has 0 heterocycles. The summed E-state index contributed by atoms with van der Waals surface area (Å²) in [6.07, 6.45) is 7.57. The minimum absolute atomic E-state index is 1.18. The molecule has 0 fully saturated rings. The number of hydrogen-bond donors (Lipinski definition) is 0. The molecule has 18 heavy (non-hydrogen) atoms. The summed E-state index contributed by atoms with van der Waals surface area (Å²) in [7, 11) is -0.841. The van der Waals surface area contributed by atoms with Crippen LogP contribution in [0.4, 0.5) is 0 Å². The van der Waals surface area contributed by atoms with Crippen molar-refractivity contribution in [1.29, 1.82) is 0 Å². The standard InChI is InChI=1S/C15H30OSi2/c1-7-11-18(12-8-2,13-9-3)15-10-14-17(5,6)16-4/h7-9H,1-3,10-15H2,4-6H3. The summed E-state index contributed by atoms with van der Waals surface area (Å²) in [5, 5.41) is 0. The lowest BCUT2D eigenvalue weighted by Crippen LogP contribution is -2.34. The van der Waals surface area contributed by atoms with Crippen molar-refractivity contribution in [2.45, 2.75) is 49.7 Å². The summed E-state index contributed by atoms with van der Waals surface area (Å²) in [4.78, 5) is 0. The van der Waals surface area contributed by atoms with Gasteiger partial charge in [0, 0.05) is 7.11 Å². The maximum atomic E-state index is 5.63. The highest BCUT2D eigenvalue weighted by Gasteiger charge is 2.30. The van der Waals surface area contributed by atoms with Crippen molar-refractivity contribution < 1.29 is 4.43 Å². The minimum Gasteiger partial charge on any atom is -0.420 e. The van der Waals surface area contributed by atoms with Gasteiger partial charge in [-0.3, -0.25) is 0 Å². The summed E-state index contributed by atoms with van der Waals surface area (Å²) in [6.45, 7) is 16.4. The van der Waals surface area contributed by atoms with E-state index in [1.54, 1.807) is 0 Å². The molecular weight excluding hydrogens is 252 g/mol. The molecule has 0 radical (unpaired) electrons. The third-order valence-corrected chi connectivity index (χ3v) is 11.3. The second-order valence-electron chi connectivity index (χ2n) is 5.80. The molecule has 1 nitrogen and oxygen atoms in total. The van der Waals surface area contributed by atoms with Gasteiger partial charge >= 0.3 is 0 Å². The van der Waals surface area contributed by atoms with Crippen LogP contribution < -0.4 is 0 Å². The molecule has 0 atom stereocenters. The average Bonchev–Trinajstić information content (AvgIpc) is 2.30. The minimum atomic E-state index is -1.40. The lowest BCUT2D eigenvalue weighted by molar-refractivity contribution is 0.402. The zero-order valence-corrected chi connectivity index (χ0v) is 14.5. The summed E-state index contributed by atoms with van der Waals surface area (Å²) in [5.74, 6) is 0. The topological polar surface area (TPSA) is 9.23 Å². The predicted octanol–water partition coefficient (Wildman–Crippen LogP) is 5.23. The van der Waals surface area contributed by atoms with E-state index in [2.05, 4.69) is 51.1 Å². The monoisotopic (exact) mass is 282 g/mol. The molecule has 0 saturated heterocycles. The van der Waals surface area contributed by atoms with Crippen molar-refractivity contribution in [3.63, 3.8) is 0 Å². The van der Waals surface area contributed by atoms with Crippen LogP contribution in [0, 0.1) is 0 Å². The maximum absolute atomic E-state index is 5.63. The van der Waals surface area contributed by atoms with Crippen LogP contribution >= 0.6 is 0 Å². The highest BCUT2D eigenvalue weighted by Crippen LogP contribution is 2.30.